The minimum absolute atomic E-state index is 0.367. The number of aromatic amines is 1. The predicted molar refractivity (Wildman–Crippen MR) is 79.2 cm³/mol. The first kappa shape index (κ1) is 14.2. The number of nitrogens with two attached hydrogens (primary N) is 1. The first-order chi connectivity index (χ1) is 10.6. The zero-order valence-electron chi connectivity index (χ0n) is 11.7. The van der Waals surface area contributed by atoms with Crippen molar-refractivity contribution in [2.45, 2.75) is 12.8 Å². The molecule has 6 heteroatoms. The summed E-state index contributed by atoms with van der Waals surface area (Å²) in [5.41, 5.74) is 8.03. The minimum Gasteiger partial charge on any atom is -0.399 e. The van der Waals surface area contributed by atoms with Gasteiger partial charge in [0.25, 0.3) is 0 Å². The number of nitrogens with zero attached hydrogens (tertiary/aromatic N) is 2. The van der Waals surface area contributed by atoms with Crippen molar-refractivity contribution in [2.75, 3.05) is 5.73 Å². The predicted octanol–water partition coefficient (Wildman–Crippen LogP) is 2.85. The third-order valence-electron chi connectivity index (χ3n) is 3.28. The molecule has 3 rings (SSSR count). The van der Waals surface area contributed by atoms with Gasteiger partial charge in [-0.3, -0.25) is 5.10 Å². The summed E-state index contributed by atoms with van der Waals surface area (Å²) in [6.07, 6.45) is 0.945. The van der Waals surface area contributed by atoms with Crippen LogP contribution in [0.25, 0.3) is 0 Å². The molecule has 2 aromatic carbocycles. The second-order valence-corrected chi connectivity index (χ2v) is 5.04. The summed E-state index contributed by atoms with van der Waals surface area (Å²) in [5, 5.41) is 6.95. The number of aromatic nitrogens is 3. The standard InChI is InChI=1S/C16H14F2N4/c17-13-6-3-11(7-14(13)18)9-16-20-15(21-22-16)8-10-1-4-12(19)5-2-10/h1-7H,8-9,19H2,(H,20,21,22). The molecule has 0 aliphatic carbocycles. The van der Waals surface area contributed by atoms with Crippen LogP contribution in [0.3, 0.4) is 0 Å². The lowest BCUT2D eigenvalue weighted by atomic mass is 10.1. The number of hydrogen-bond donors (Lipinski definition) is 2. The average Bonchev–Trinajstić information content (AvgIpc) is 2.93. The Balaban J connectivity index is 1.70. The SMILES string of the molecule is Nc1ccc(Cc2n[nH]c(Cc3ccc(F)c(F)c3)n2)cc1. The second kappa shape index (κ2) is 5.93. The van der Waals surface area contributed by atoms with E-state index in [9.17, 15) is 8.78 Å². The van der Waals surface area contributed by atoms with Crippen LogP contribution < -0.4 is 5.73 Å². The Bertz CT molecular complexity index is 781. The fraction of sp³-hybridized carbons (Fsp3) is 0.125. The molecule has 3 N–H and O–H groups in total. The van der Waals surface area contributed by atoms with Crippen molar-refractivity contribution in [3.05, 3.63) is 76.9 Å². The van der Waals surface area contributed by atoms with Gasteiger partial charge in [0.05, 0.1) is 0 Å². The van der Waals surface area contributed by atoms with Crippen molar-refractivity contribution < 1.29 is 8.78 Å². The maximum absolute atomic E-state index is 13.2. The molecule has 0 aliphatic heterocycles. The van der Waals surface area contributed by atoms with E-state index >= 15 is 0 Å². The van der Waals surface area contributed by atoms with Gasteiger partial charge in [0, 0.05) is 18.5 Å². The van der Waals surface area contributed by atoms with Gasteiger partial charge in [-0.1, -0.05) is 18.2 Å². The molecule has 22 heavy (non-hydrogen) atoms. The smallest absolute Gasteiger partial charge is 0.159 e. The largest absolute Gasteiger partial charge is 0.399 e. The van der Waals surface area contributed by atoms with Crippen LogP contribution in [-0.4, -0.2) is 15.2 Å². The Morgan fingerprint density at radius 2 is 1.64 bits per heavy atom. The summed E-state index contributed by atoms with van der Waals surface area (Å²) < 4.78 is 26.1. The van der Waals surface area contributed by atoms with Crippen molar-refractivity contribution in [1.29, 1.82) is 0 Å². The van der Waals surface area contributed by atoms with Crippen molar-refractivity contribution in [2.24, 2.45) is 0 Å². The lowest BCUT2D eigenvalue weighted by Crippen LogP contribution is -1.95. The number of benzene rings is 2. The number of rotatable bonds is 4. The average molecular weight is 300 g/mol. The molecule has 3 aromatic rings. The van der Waals surface area contributed by atoms with Crippen LogP contribution in [0.1, 0.15) is 22.8 Å². The Labute approximate surface area is 126 Å². The van der Waals surface area contributed by atoms with Crippen LogP contribution in [0, 0.1) is 11.6 Å². The second-order valence-electron chi connectivity index (χ2n) is 5.04. The van der Waals surface area contributed by atoms with Crippen molar-refractivity contribution in [3.8, 4) is 0 Å². The van der Waals surface area contributed by atoms with Gasteiger partial charge in [-0.25, -0.2) is 13.8 Å². The molecule has 1 aromatic heterocycles. The fourth-order valence-electron chi connectivity index (χ4n) is 2.15. The number of anilines is 1. The van der Waals surface area contributed by atoms with Gasteiger partial charge in [0.15, 0.2) is 17.5 Å². The third-order valence-corrected chi connectivity index (χ3v) is 3.28. The van der Waals surface area contributed by atoms with E-state index in [1.807, 2.05) is 24.3 Å². The summed E-state index contributed by atoms with van der Waals surface area (Å²) >= 11 is 0. The number of halogens is 2. The molecule has 0 saturated carbocycles. The molecule has 0 amide bonds. The van der Waals surface area contributed by atoms with Crippen LogP contribution in [0.15, 0.2) is 42.5 Å². The van der Waals surface area contributed by atoms with E-state index in [2.05, 4.69) is 15.2 Å². The summed E-state index contributed by atoms with van der Waals surface area (Å²) in [5.74, 6) is -0.469. The number of H-pyrrole nitrogens is 1. The normalized spacial score (nSPS) is 10.8. The van der Waals surface area contributed by atoms with E-state index in [1.54, 1.807) is 0 Å². The summed E-state index contributed by atoms with van der Waals surface area (Å²) in [7, 11) is 0. The Morgan fingerprint density at radius 3 is 2.36 bits per heavy atom. The minimum atomic E-state index is -0.862. The quantitative estimate of drug-likeness (QED) is 0.728. The Morgan fingerprint density at radius 1 is 0.909 bits per heavy atom. The molecule has 0 atom stereocenters. The molecule has 0 spiro atoms. The van der Waals surface area contributed by atoms with Gasteiger partial charge in [-0.05, 0) is 35.4 Å². The van der Waals surface area contributed by atoms with E-state index in [4.69, 9.17) is 5.73 Å². The Kier molecular flexibility index (Phi) is 3.82. The van der Waals surface area contributed by atoms with E-state index in [-0.39, 0.29) is 0 Å². The van der Waals surface area contributed by atoms with Crippen LogP contribution in [0.4, 0.5) is 14.5 Å². The number of nitrogens with one attached hydrogen (secondary N) is 1. The lowest BCUT2D eigenvalue weighted by Gasteiger charge is -1.99. The van der Waals surface area contributed by atoms with Crippen LogP contribution >= 0.6 is 0 Å². The molecular formula is C16H14F2N4. The van der Waals surface area contributed by atoms with Gasteiger partial charge in [-0.2, -0.15) is 5.10 Å². The highest BCUT2D eigenvalue weighted by Crippen LogP contribution is 2.13. The van der Waals surface area contributed by atoms with Crippen molar-refractivity contribution >= 4 is 5.69 Å². The zero-order chi connectivity index (χ0) is 15.5. The number of nitrogen functional groups attached to an aromatic ring is 1. The van der Waals surface area contributed by atoms with E-state index in [0.717, 1.165) is 17.7 Å². The molecule has 1 heterocycles. The fourth-order valence-corrected chi connectivity index (χ4v) is 2.15. The highest BCUT2D eigenvalue weighted by atomic mass is 19.2. The highest BCUT2D eigenvalue weighted by molar-refractivity contribution is 5.39. The van der Waals surface area contributed by atoms with E-state index in [0.29, 0.717) is 35.7 Å². The highest BCUT2D eigenvalue weighted by Gasteiger charge is 2.08. The maximum Gasteiger partial charge on any atom is 0.159 e. The molecule has 0 aliphatic rings. The zero-order valence-corrected chi connectivity index (χ0v) is 11.7. The molecule has 112 valence electrons. The first-order valence-electron chi connectivity index (χ1n) is 6.78. The molecule has 4 nitrogen and oxygen atoms in total. The summed E-state index contributed by atoms with van der Waals surface area (Å²) in [6.45, 7) is 0. The number of hydrogen-bond acceptors (Lipinski definition) is 3. The summed E-state index contributed by atoms with van der Waals surface area (Å²) in [4.78, 5) is 4.36. The monoisotopic (exact) mass is 300 g/mol. The maximum atomic E-state index is 13.2. The first-order valence-corrected chi connectivity index (χ1v) is 6.78. The van der Waals surface area contributed by atoms with Crippen molar-refractivity contribution in [1.82, 2.24) is 15.2 Å². The van der Waals surface area contributed by atoms with Crippen LogP contribution in [0.2, 0.25) is 0 Å². The van der Waals surface area contributed by atoms with Crippen LogP contribution in [-0.2, 0) is 12.8 Å². The Hall–Kier alpha value is -2.76. The van der Waals surface area contributed by atoms with Crippen molar-refractivity contribution in [3.63, 3.8) is 0 Å². The van der Waals surface area contributed by atoms with E-state index in [1.165, 1.54) is 6.07 Å². The summed E-state index contributed by atoms with van der Waals surface area (Å²) in [6, 6.07) is 11.3. The van der Waals surface area contributed by atoms with Gasteiger partial charge >= 0.3 is 0 Å². The molecule has 0 saturated heterocycles. The van der Waals surface area contributed by atoms with E-state index < -0.39 is 11.6 Å². The van der Waals surface area contributed by atoms with Gasteiger partial charge in [-0.15, -0.1) is 0 Å². The molecule has 0 radical (unpaired) electrons. The van der Waals surface area contributed by atoms with Gasteiger partial charge < -0.3 is 5.73 Å². The molecule has 0 unspecified atom stereocenters. The molecule has 0 fully saturated rings. The van der Waals surface area contributed by atoms with Gasteiger partial charge in [0.1, 0.15) is 5.82 Å². The van der Waals surface area contributed by atoms with Crippen LogP contribution in [0.5, 0.6) is 0 Å². The lowest BCUT2D eigenvalue weighted by molar-refractivity contribution is 0.507. The molecular weight excluding hydrogens is 286 g/mol. The van der Waals surface area contributed by atoms with Gasteiger partial charge in [0.2, 0.25) is 0 Å². The molecule has 0 bridgehead atoms. The topological polar surface area (TPSA) is 67.6 Å². The third kappa shape index (κ3) is 3.28.